The van der Waals surface area contributed by atoms with E-state index in [-0.39, 0.29) is 24.3 Å². The number of unbranched alkanes of at least 4 members (excludes halogenated alkanes) is 1. The number of hydrogen-bond acceptors (Lipinski definition) is 3. The van der Waals surface area contributed by atoms with Crippen LogP contribution in [0, 0.1) is 17.8 Å². The summed E-state index contributed by atoms with van der Waals surface area (Å²) in [4.78, 5) is 0. The first kappa shape index (κ1) is 13.3. The molecule has 0 saturated heterocycles. The van der Waals surface area contributed by atoms with Crippen molar-refractivity contribution in [2.24, 2.45) is 17.8 Å². The van der Waals surface area contributed by atoms with Crippen molar-refractivity contribution in [2.75, 3.05) is 12.4 Å². The minimum absolute atomic E-state index is 0.0133. The van der Waals surface area contributed by atoms with Gasteiger partial charge in [-0.05, 0) is 37.5 Å². The van der Waals surface area contributed by atoms with Gasteiger partial charge in [0, 0.05) is 18.6 Å². The van der Waals surface area contributed by atoms with Gasteiger partial charge >= 0.3 is 0 Å². The van der Waals surface area contributed by atoms with Crippen LogP contribution in [0.2, 0.25) is 0 Å². The number of rotatable bonds is 6. The van der Waals surface area contributed by atoms with Gasteiger partial charge in [0.2, 0.25) is 10.0 Å². The number of sulfonamides is 1. The molecule has 0 heterocycles. The Bertz CT molecular complexity index is 355. The third kappa shape index (κ3) is 2.83. The molecule has 5 heteroatoms. The maximum Gasteiger partial charge on any atom is 0.211 e. The highest BCUT2D eigenvalue weighted by Gasteiger charge is 2.48. The van der Waals surface area contributed by atoms with Crippen LogP contribution in [0.3, 0.4) is 0 Å². The molecule has 4 atom stereocenters. The number of fused-ring (bicyclic) bond motifs is 2. The summed E-state index contributed by atoms with van der Waals surface area (Å²) in [6, 6.07) is -0.0133. The Morgan fingerprint density at radius 2 is 2.00 bits per heavy atom. The molecule has 0 aromatic carbocycles. The number of hydrogen-bond donors (Lipinski definition) is 2. The van der Waals surface area contributed by atoms with Crippen LogP contribution in [0.5, 0.6) is 0 Å². The molecule has 2 saturated carbocycles. The maximum absolute atomic E-state index is 11.9. The van der Waals surface area contributed by atoms with E-state index in [1.807, 2.05) is 6.92 Å². The number of aliphatic hydroxyl groups is 1. The van der Waals surface area contributed by atoms with E-state index in [1.165, 1.54) is 0 Å². The predicted octanol–water partition coefficient (Wildman–Crippen LogP) is 1.11. The zero-order chi connectivity index (χ0) is 12.5. The summed E-state index contributed by atoms with van der Waals surface area (Å²) in [7, 11) is -3.15. The van der Waals surface area contributed by atoms with Gasteiger partial charge in [-0.1, -0.05) is 13.3 Å². The molecule has 2 bridgehead atoms. The first-order chi connectivity index (χ1) is 8.07. The highest BCUT2D eigenvalue weighted by atomic mass is 32.2. The molecule has 2 fully saturated rings. The summed E-state index contributed by atoms with van der Waals surface area (Å²) in [5.74, 6) is 1.35. The Balaban J connectivity index is 1.98. The second kappa shape index (κ2) is 5.24. The van der Waals surface area contributed by atoms with E-state index in [9.17, 15) is 13.5 Å². The van der Waals surface area contributed by atoms with Crippen molar-refractivity contribution in [2.45, 2.75) is 45.1 Å². The summed E-state index contributed by atoms with van der Waals surface area (Å²) < 4.78 is 26.6. The smallest absolute Gasteiger partial charge is 0.211 e. The fourth-order valence-electron chi connectivity index (χ4n) is 3.46. The Morgan fingerprint density at radius 3 is 2.65 bits per heavy atom. The van der Waals surface area contributed by atoms with Gasteiger partial charge in [-0.15, -0.1) is 0 Å². The molecular weight excluding hydrogens is 238 g/mol. The molecule has 0 aliphatic heterocycles. The van der Waals surface area contributed by atoms with Crippen molar-refractivity contribution >= 4 is 10.0 Å². The molecule has 2 aliphatic rings. The van der Waals surface area contributed by atoms with Crippen molar-refractivity contribution in [3.63, 3.8) is 0 Å². The van der Waals surface area contributed by atoms with Gasteiger partial charge in [0.05, 0.1) is 5.75 Å². The molecule has 0 amide bonds. The van der Waals surface area contributed by atoms with Crippen LogP contribution in [0.4, 0.5) is 0 Å². The third-order valence-corrected chi connectivity index (χ3v) is 5.84. The Kier molecular flexibility index (Phi) is 4.10. The monoisotopic (exact) mass is 261 g/mol. The molecule has 2 N–H and O–H groups in total. The molecule has 0 radical (unpaired) electrons. The van der Waals surface area contributed by atoms with E-state index < -0.39 is 10.0 Å². The third-order valence-electron chi connectivity index (χ3n) is 4.38. The normalized spacial score (nSPS) is 36.6. The van der Waals surface area contributed by atoms with Crippen LogP contribution in [-0.2, 0) is 10.0 Å². The van der Waals surface area contributed by atoms with Crippen molar-refractivity contribution in [1.82, 2.24) is 4.72 Å². The summed E-state index contributed by atoms with van der Waals surface area (Å²) in [6.07, 6.45) is 4.96. The standard InChI is InChI=1S/C12H23NO3S/c1-2-3-6-17(15,16)13-12-10-5-4-9(7-10)11(12)8-14/h9-14H,2-8H2,1H3/t9-,10-,11+,12-/m0/s1. The molecule has 2 aliphatic carbocycles. The Labute approximate surface area is 104 Å². The van der Waals surface area contributed by atoms with Crippen molar-refractivity contribution in [3.05, 3.63) is 0 Å². The van der Waals surface area contributed by atoms with Crippen LogP contribution in [0.25, 0.3) is 0 Å². The average molecular weight is 261 g/mol. The maximum atomic E-state index is 11.9. The van der Waals surface area contributed by atoms with Crippen molar-refractivity contribution < 1.29 is 13.5 Å². The zero-order valence-electron chi connectivity index (χ0n) is 10.4. The lowest BCUT2D eigenvalue weighted by molar-refractivity contribution is 0.153. The van der Waals surface area contributed by atoms with E-state index in [1.54, 1.807) is 0 Å². The molecule has 0 unspecified atom stereocenters. The molecule has 17 heavy (non-hydrogen) atoms. The molecule has 4 nitrogen and oxygen atoms in total. The van der Waals surface area contributed by atoms with E-state index >= 15 is 0 Å². The highest BCUT2D eigenvalue weighted by molar-refractivity contribution is 7.89. The molecule has 0 aromatic heterocycles. The van der Waals surface area contributed by atoms with Crippen LogP contribution in [-0.4, -0.2) is 31.9 Å². The Hall–Kier alpha value is -0.130. The summed E-state index contributed by atoms with van der Waals surface area (Å²) in [5.41, 5.74) is 0. The fourth-order valence-corrected chi connectivity index (χ4v) is 5.03. The van der Waals surface area contributed by atoms with Gasteiger partial charge in [-0.2, -0.15) is 0 Å². The second-order valence-corrected chi connectivity index (χ2v) is 7.37. The van der Waals surface area contributed by atoms with Crippen LogP contribution >= 0.6 is 0 Å². The van der Waals surface area contributed by atoms with Crippen molar-refractivity contribution in [3.8, 4) is 0 Å². The van der Waals surface area contributed by atoms with E-state index in [0.717, 1.165) is 25.7 Å². The minimum Gasteiger partial charge on any atom is -0.396 e. The molecule has 2 rings (SSSR count). The van der Waals surface area contributed by atoms with E-state index in [4.69, 9.17) is 0 Å². The lowest BCUT2D eigenvalue weighted by Crippen LogP contribution is -2.45. The van der Waals surface area contributed by atoms with E-state index in [0.29, 0.717) is 18.3 Å². The van der Waals surface area contributed by atoms with Gasteiger partial charge < -0.3 is 5.11 Å². The number of aliphatic hydroxyl groups excluding tert-OH is 1. The van der Waals surface area contributed by atoms with Gasteiger partial charge in [-0.25, -0.2) is 13.1 Å². The summed E-state index contributed by atoms with van der Waals surface area (Å²) in [6.45, 7) is 2.10. The minimum atomic E-state index is -3.15. The van der Waals surface area contributed by atoms with Gasteiger partial charge in [0.25, 0.3) is 0 Å². The largest absolute Gasteiger partial charge is 0.396 e. The van der Waals surface area contributed by atoms with Crippen molar-refractivity contribution in [1.29, 1.82) is 0 Å². The first-order valence-corrected chi connectivity index (χ1v) is 8.33. The lowest BCUT2D eigenvalue weighted by atomic mass is 9.86. The van der Waals surface area contributed by atoms with Crippen LogP contribution < -0.4 is 4.72 Å². The molecular formula is C12H23NO3S. The summed E-state index contributed by atoms with van der Waals surface area (Å²) >= 11 is 0. The van der Waals surface area contributed by atoms with Gasteiger partial charge in [-0.3, -0.25) is 0 Å². The highest BCUT2D eigenvalue weighted by Crippen LogP contribution is 2.48. The first-order valence-electron chi connectivity index (χ1n) is 6.68. The van der Waals surface area contributed by atoms with Crippen LogP contribution in [0.15, 0.2) is 0 Å². The second-order valence-electron chi connectivity index (χ2n) is 5.50. The average Bonchev–Trinajstić information content (AvgIpc) is 2.86. The molecule has 0 aromatic rings. The fraction of sp³-hybridized carbons (Fsp3) is 1.00. The molecule has 0 spiro atoms. The van der Waals surface area contributed by atoms with E-state index in [2.05, 4.69) is 4.72 Å². The lowest BCUT2D eigenvalue weighted by Gasteiger charge is -2.30. The van der Waals surface area contributed by atoms with Crippen LogP contribution in [0.1, 0.15) is 39.0 Å². The SMILES string of the molecule is CCCCS(=O)(=O)N[C@H]1[C@H]2CC[C@@H](C2)[C@H]1CO. The Morgan fingerprint density at radius 1 is 1.29 bits per heavy atom. The predicted molar refractivity (Wildman–Crippen MR) is 67.0 cm³/mol. The quantitative estimate of drug-likeness (QED) is 0.753. The van der Waals surface area contributed by atoms with Gasteiger partial charge in [0.15, 0.2) is 0 Å². The molecule has 100 valence electrons. The van der Waals surface area contributed by atoms with Gasteiger partial charge in [0.1, 0.15) is 0 Å². The zero-order valence-corrected chi connectivity index (χ0v) is 11.2. The number of nitrogens with one attached hydrogen (secondary N) is 1. The summed E-state index contributed by atoms with van der Waals surface area (Å²) in [5, 5.41) is 9.40. The topological polar surface area (TPSA) is 66.4 Å².